The number of nitriles is 1. The average molecular weight is 235 g/mol. The fourth-order valence-corrected chi connectivity index (χ4v) is 1.84. The number of rotatable bonds is 3. The third kappa shape index (κ3) is 3.01. The minimum Gasteiger partial charge on any atom is -0.466 e. The highest BCUT2D eigenvalue weighted by atomic mass is 32.1. The summed E-state index contributed by atoms with van der Waals surface area (Å²) in [5.41, 5.74) is 2.26. The third-order valence-corrected chi connectivity index (χ3v) is 2.60. The van der Waals surface area contributed by atoms with Crippen molar-refractivity contribution in [2.24, 2.45) is 0 Å². The number of thiol groups is 1. The Labute approximate surface area is 100 Å². The summed E-state index contributed by atoms with van der Waals surface area (Å²) in [4.78, 5) is 12.0. The van der Waals surface area contributed by atoms with Gasteiger partial charge in [0.05, 0.1) is 24.7 Å². The number of nitrogens with zero attached hydrogens (tertiary/aromatic N) is 1. The standard InChI is InChI=1S/C12H13NO2S/c1-3-15-12(14)6-10-8(2)4-9(7-13)5-11(10)16/h4-5,16H,3,6H2,1-2H3. The van der Waals surface area contributed by atoms with Crippen molar-refractivity contribution in [2.75, 3.05) is 6.61 Å². The summed E-state index contributed by atoms with van der Waals surface area (Å²) in [6.07, 6.45) is 0.199. The highest BCUT2D eigenvalue weighted by molar-refractivity contribution is 7.80. The van der Waals surface area contributed by atoms with Crippen LogP contribution in [0.2, 0.25) is 0 Å². The van der Waals surface area contributed by atoms with Crippen LogP contribution < -0.4 is 0 Å². The van der Waals surface area contributed by atoms with E-state index >= 15 is 0 Å². The van der Waals surface area contributed by atoms with Gasteiger partial charge in [-0.2, -0.15) is 5.26 Å². The molecule has 0 radical (unpaired) electrons. The first-order valence-corrected chi connectivity index (χ1v) is 5.41. The lowest BCUT2D eigenvalue weighted by atomic mass is 10.0. The maximum absolute atomic E-state index is 11.4. The van der Waals surface area contributed by atoms with Crippen LogP contribution in [0.5, 0.6) is 0 Å². The zero-order valence-corrected chi connectivity index (χ0v) is 10.2. The van der Waals surface area contributed by atoms with Crippen molar-refractivity contribution >= 4 is 18.6 Å². The predicted octanol–water partition coefficient (Wildman–Crippen LogP) is 2.26. The quantitative estimate of drug-likeness (QED) is 0.646. The SMILES string of the molecule is CCOC(=O)Cc1c(C)cc(C#N)cc1S. The number of esters is 1. The molecular formula is C12H13NO2S. The number of hydrogen-bond acceptors (Lipinski definition) is 4. The number of hydrogen-bond donors (Lipinski definition) is 1. The van der Waals surface area contributed by atoms with E-state index in [0.29, 0.717) is 17.1 Å². The van der Waals surface area contributed by atoms with Crippen LogP contribution in [0.15, 0.2) is 17.0 Å². The molecule has 0 saturated heterocycles. The lowest BCUT2D eigenvalue weighted by Gasteiger charge is -2.09. The van der Waals surface area contributed by atoms with E-state index in [-0.39, 0.29) is 12.4 Å². The van der Waals surface area contributed by atoms with E-state index in [0.717, 1.165) is 11.1 Å². The van der Waals surface area contributed by atoms with E-state index in [1.54, 1.807) is 19.1 Å². The molecule has 84 valence electrons. The van der Waals surface area contributed by atoms with Gasteiger partial charge in [0.15, 0.2) is 0 Å². The van der Waals surface area contributed by atoms with Crippen LogP contribution in [0.3, 0.4) is 0 Å². The summed E-state index contributed by atoms with van der Waals surface area (Å²) in [6, 6.07) is 5.45. The van der Waals surface area contributed by atoms with Crippen LogP contribution in [-0.2, 0) is 16.0 Å². The van der Waals surface area contributed by atoms with Crippen LogP contribution >= 0.6 is 12.6 Å². The second kappa shape index (κ2) is 5.57. The van der Waals surface area contributed by atoms with E-state index in [1.807, 2.05) is 13.0 Å². The molecule has 0 aliphatic rings. The van der Waals surface area contributed by atoms with Gasteiger partial charge in [-0.05, 0) is 37.1 Å². The largest absolute Gasteiger partial charge is 0.466 e. The first kappa shape index (κ1) is 12.6. The Morgan fingerprint density at radius 3 is 2.75 bits per heavy atom. The number of ether oxygens (including phenoxy) is 1. The minimum atomic E-state index is -0.273. The molecule has 1 rings (SSSR count). The highest BCUT2D eigenvalue weighted by Crippen LogP contribution is 2.21. The van der Waals surface area contributed by atoms with Crippen LogP contribution in [0.4, 0.5) is 0 Å². The average Bonchev–Trinajstić information content (AvgIpc) is 2.23. The number of carbonyl (C=O) groups excluding carboxylic acids is 1. The first-order valence-electron chi connectivity index (χ1n) is 4.96. The summed E-state index contributed by atoms with van der Waals surface area (Å²) >= 11 is 4.28. The summed E-state index contributed by atoms with van der Waals surface area (Å²) in [5, 5.41) is 8.77. The van der Waals surface area contributed by atoms with Crippen molar-refractivity contribution in [3.63, 3.8) is 0 Å². The molecular weight excluding hydrogens is 222 g/mol. The molecule has 1 aromatic carbocycles. The molecule has 0 saturated carbocycles. The third-order valence-electron chi connectivity index (χ3n) is 2.20. The highest BCUT2D eigenvalue weighted by Gasteiger charge is 2.11. The Balaban J connectivity index is 2.98. The number of aryl methyl sites for hydroxylation is 1. The lowest BCUT2D eigenvalue weighted by molar-refractivity contribution is -0.142. The van der Waals surface area contributed by atoms with Gasteiger partial charge in [-0.1, -0.05) is 0 Å². The van der Waals surface area contributed by atoms with Crippen molar-refractivity contribution in [3.05, 3.63) is 28.8 Å². The Hall–Kier alpha value is -1.47. The van der Waals surface area contributed by atoms with Crippen LogP contribution in [0.25, 0.3) is 0 Å². The van der Waals surface area contributed by atoms with Gasteiger partial charge in [-0.3, -0.25) is 4.79 Å². The Bertz CT molecular complexity index is 426. The van der Waals surface area contributed by atoms with Gasteiger partial charge in [0, 0.05) is 4.90 Å². The molecule has 4 heteroatoms. The molecule has 0 unspecified atom stereocenters. The van der Waals surface area contributed by atoms with Crippen molar-refractivity contribution in [3.8, 4) is 6.07 Å². The molecule has 0 spiro atoms. The summed E-state index contributed by atoms with van der Waals surface area (Å²) in [7, 11) is 0. The molecule has 16 heavy (non-hydrogen) atoms. The van der Waals surface area contributed by atoms with E-state index in [2.05, 4.69) is 12.6 Å². The summed E-state index contributed by atoms with van der Waals surface area (Å²) < 4.78 is 4.87. The summed E-state index contributed by atoms with van der Waals surface area (Å²) in [6.45, 7) is 4.00. The van der Waals surface area contributed by atoms with Crippen LogP contribution in [0.1, 0.15) is 23.6 Å². The molecule has 0 fully saturated rings. The second-order valence-corrected chi connectivity index (χ2v) is 3.87. The predicted molar refractivity (Wildman–Crippen MR) is 63.5 cm³/mol. The number of carbonyl (C=O) groups is 1. The smallest absolute Gasteiger partial charge is 0.310 e. The molecule has 0 aliphatic carbocycles. The van der Waals surface area contributed by atoms with Crippen LogP contribution in [0, 0.1) is 18.3 Å². The van der Waals surface area contributed by atoms with Gasteiger partial charge in [-0.15, -0.1) is 12.6 Å². The van der Waals surface area contributed by atoms with E-state index < -0.39 is 0 Å². The molecule has 0 N–H and O–H groups in total. The molecule has 1 aromatic rings. The first-order chi connectivity index (χ1) is 7.58. The van der Waals surface area contributed by atoms with Crippen molar-refractivity contribution < 1.29 is 9.53 Å². The van der Waals surface area contributed by atoms with Crippen molar-refractivity contribution in [2.45, 2.75) is 25.2 Å². The fraction of sp³-hybridized carbons (Fsp3) is 0.333. The molecule has 0 amide bonds. The molecule has 0 aromatic heterocycles. The zero-order valence-electron chi connectivity index (χ0n) is 9.28. The monoisotopic (exact) mass is 235 g/mol. The Kier molecular flexibility index (Phi) is 4.39. The maximum atomic E-state index is 11.4. The van der Waals surface area contributed by atoms with Gasteiger partial charge >= 0.3 is 5.97 Å². The van der Waals surface area contributed by atoms with Crippen LogP contribution in [-0.4, -0.2) is 12.6 Å². The topological polar surface area (TPSA) is 50.1 Å². The van der Waals surface area contributed by atoms with E-state index in [1.165, 1.54) is 0 Å². The van der Waals surface area contributed by atoms with E-state index in [4.69, 9.17) is 10.00 Å². The summed E-state index contributed by atoms with van der Waals surface area (Å²) in [5.74, 6) is -0.273. The fourth-order valence-electron chi connectivity index (χ4n) is 1.45. The lowest BCUT2D eigenvalue weighted by Crippen LogP contribution is -2.09. The van der Waals surface area contributed by atoms with Gasteiger partial charge in [0.25, 0.3) is 0 Å². The molecule has 0 heterocycles. The molecule has 3 nitrogen and oxygen atoms in total. The van der Waals surface area contributed by atoms with Gasteiger partial charge in [-0.25, -0.2) is 0 Å². The van der Waals surface area contributed by atoms with E-state index in [9.17, 15) is 4.79 Å². The zero-order chi connectivity index (χ0) is 12.1. The van der Waals surface area contributed by atoms with Gasteiger partial charge < -0.3 is 4.74 Å². The Morgan fingerprint density at radius 2 is 2.25 bits per heavy atom. The molecule has 0 aliphatic heterocycles. The minimum absolute atomic E-state index is 0.199. The number of benzene rings is 1. The molecule has 0 atom stereocenters. The normalized spacial score (nSPS) is 9.62. The van der Waals surface area contributed by atoms with Crippen molar-refractivity contribution in [1.29, 1.82) is 5.26 Å². The second-order valence-electron chi connectivity index (χ2n) is 3.38. The van der Waals surface area contributed by atoms with Crippen molar-refractivity contribution in [1.82, 2.24) is 0 Å². The van der Waals surface area contributed by atoms with Gasteiger partial charge in [0.2, 0.25) is 0 Å². The molecule has 0 bridgehead atoms. The Morgan fingerprint density at radius 1 is 1.56 bits per heavy atom. The van der Waals surface area contributed by atoms with Gasteiger partial charge in [0.1, 0.15) is 0 Å². The maximum Gasteiger partial charge on any atom is 0.310 e.